The Morgan fingerprint density at radius 1 is 1.33 bits per heavy atom. The summed E-state index contributed by atoms with van der Waals surface area (Å²) >= 11 is 3.40. The van der Waals surface area contributed by atoms with Crippen molar-refractivity contribution in [3.63, 3.8) is 0 Å². The van der Waals surface area contributed by atoms with Crippen LogP contribution in [-0.2, 0) is 0 Å². The molecule has 0 radical (unpaired) electrons. The molecule has 1 aromatic carbocycles. The van der Waals surface area contributed by atoms with Crippen LogP contribution in [0.1, 0.15) is 12.8 Å². The Kier molecular flexibility index (Phi) is 5.03. The van der Waals surface area contributed by atoms with Gasteiger partial charge in [-0.1, -0.05) is 15.9 Å². The third kappa shape index (κ3) is 4.26. The largest absolute Gasteiger partial charge is 0.492 e. The van der Waals surface area contributed by atoms with Gasteiger partial charge in [-0.2, -0.15) is 0 Å². The quantitative estimate of drug-likeness (QED) is 0.876. The van der Waals surface area contributed by atoms with Gasteiger partial charge >= 0.3 is 0 Å². The van der Waals surface area contributed by atoms with Gasteiger partial charge in [-0.15, -0.1) is 0 Å². The van der Waals surface area contributed by atoms with Crippen LogP contribution in [0.15, 0.2) is 28.7 Å². The molecule has 2 rings (SSSR count). The van der Waals surface area contributed by atoms with E-state index in [0.717, 1.165) is 36.2 Å². The number of benzene rings is 1. The van der Waals surface area contributed by atoms with E-state index in [9.17, 15) is 5.11 Å². The fourth-order valence-corrected chi connectivity index (χ4v) is 2.50. The molecular formula is C14H20BrNO2. The normalized spacial score (nSPS) is 22.9. The molecule has 1 aliphatic rings. The van der Waals surface area contributed by atoms with E-state index in [4.69, 9.17) is 4.74 Å². The lowest BCUT2D eigenvalue weighted by atomic mass is 9.82. The van der Waals surface area contributed by atoms with Crippen molar-refractivity contribution in [3.8, 4) is 5.75 Å². The average molecular weight is 314 g/mol. The zero-order valence-corrected chi connectivity index (χ0v) is 12.3. The zero-order valence-electron chi connectivity index (χ0n) is 10.7. The Morgan fingerprint density at radius 3 is 2.61 bits per heavy atom. The van der Waals surface area contributed by atoms with Crippen LogP contribution in [0.2, 0.25) is 0 Å². The van der Waals surface area contributed by atoms with Crippen molar-refractivity contribution in [3.05, 3.63) is 28.7 Å². The number of nitrogens with zero attached hydrogens (tertiary/aromatic N) is 1. The molecule has 3 nitrogen and oxygen atoms in total. The number of aliphatic hydroxyl groups is 1. The zero-order chi connectivity index (χ0) is 13.0. The highest BCUT2D eigenvalue weighted by atomic mass is 79.9. The Balaban J connectivity index is 1.61. The maximum absolute atomic E-state index is 9.23. The summed E-state index contributed by atoms with van der Waals surface area (Å²) in [6, 6.07) is 7.89. The molecule has 1 N–H and O–H groups in total. The van der Waals surface area contributed by atoms with Gasteiger partial charge in [-0.3, -0.25) is 0 Å². The topological polar surface area (TPSA) is 32.7 Å². The van der Waals surface area contributed by atoms with Gasteiger partial charge in [0, 0.05) is 17.6 Å². The molecule has 0 atom stereocenters. The van der Waals surface area contributed by atoms with Gasteiger partial charge < -0.3 is 14.7 Å². The van der Waals surface area contributed by atoms with Gasteiger partial charge in [0.15, 0.2) is 0 Å². The molecule has 1 aliphatic carbocycles. The Bertz CT molecular complexity index is 363. The molecule has 1 aromatic rings. The van der Waals surface area contributed by atoms with Crippen molar-refractivity contribution < 1.29 is 9.84 Å². The molecule has 0 spiro atoms. The number of rotatable bonds is 6. The second-order valence-electron chi connectivity index (χ2n) is 5.06. The molecule has 1 fully saturated rings. The predicted octanol–water partition coefficient (Wildman–Crippen LogP) is 2.53. The Hall–Kier alpha value is -0.580. The molecular weight excluding hydrogens is 294 g/mol. The van der Waals surface area contributed by atoms with Crippen LogP contribution in [-0.4, -0.2) is 42.9 Å². The van der Waals surface area contributed by atoms with Crippen LogP contribution < -0.4 is 4.74 Å². The van der Waals surface area contributed by atoms with Crippen molar-refractivity contribution >= 4 is 15.9 Å². The SMILES string of the molecule is CN(CCOc1ccc(Br)cc1)CC1CC(O)C1. The summed E-state index contributed by atoms with van der Waals surface area (Å²) in [6.07, 6.45) is 1.86. The highest BCUT2D eigenvalue weighted by Gasteiger charge is 2.27. The molecule has 0 aromatic heterocycles. The van der Waals surface area contributed by atoms with E-state index >= 15 is 0 Å². The van der Waals surface area contributed by atoms with E-state index in [1.54, 1.807) is 0 Å². The van der Waals surface area contributed by atoms with Crippen LogP contribution >= 0.6 is 15.9 Å². The molecule has 1 saturated carbocycles. The molecule has 0 heterocycles. The van der Waals surface area contributed by atoms with Crippen molar-refractivity contribution in [2.45, 2.75) is 18.9 Å². The Morgan fingerprint density at radius 2 is 2.00 bits per heavy atom. The Labute approximate surface area is 117 Å². The van der Waals surface area contributed by atoms with E-state index < -0.39 is 0 Å². The molecule has 0 saturated heterocycles. The minimum absolute atomic E-state index is 0.0533. The van der Waals surface area contributed by atoms with E-state index in [0.29, 0.717) is 12.5 Å². The second-order valence-corrected chi connectivity index (χ2v) is 5.97. The number of ether oxygens (including phenoxy) is 1. The van der Waals surface area contributed by atoms with Crippen molar-refractivity contribution in [2.24, 2.45) is 5.92 Å². The van der Waals surface area contributed by atoms with Gasteiger partial charge in [0.2, 0.25) is 0 Å². The molecule has 100 valence electrons. The monoisotopic (exact) mass is 313 g/mol. The third-order valence-electron chi connectivity index (χ3n) is 3.34. The van der Waals surface area contributed by atoms with Crippen LogP contribution in [0.3, 0.4) is 0 Å². The standard InChI is InChI=1S/C14H20BrNO2/c1-16(10-11-8-13(17)9-11)6-7-18-14-4-2-12(15)3-5-14/h2-5,11,13,17H,6-10H2,1H3. The lowest BCUT2D eigenvalue weighted by Crippen LogP contribution is -2.38. The summed E-state index contributed by atoms with van der Waals surface area (Å²) in [5, 5.41) is 9.23. The molecule has 0 bridgehead atoms. The second kappa shape index (κ2) is 6.55. The molecule has 4 heteroatoms. The summed E-state index contributed by atoms with van der Waals surface area (Å²) in [6.45, 7) is 2.68. The molecule has 0 unspecified atom stereocenters. The minimum Gasteiger partial charge on any atom is -0.492 e. The molecule has 0 aliphatic heterocycles. The van der Waals surface area contributed by atoms with Gasteiger partial charge in [0.25, 0.3) is 0 Å². The summed E-state index contributed by atoms with van der Waals surface area (Å²) in [4.78, 5) is 2.27. The lowest BCUT2D eigenvalue weighted by Gasteiger charge is -2.34. The first-order valence-electron chi connectivity index (χ1n) is 6.38. The molecule has 18 heavy (non-hydrogen) atoms. The van der Waals surface area contributed by atoms with Gasteiger partial charge in [0.05, 0.1) is 6.10 Å². The maximum atomic E-state index is 9.23. The first kappa shape index (κ1) is 13.8. The smallest absolute Gasteiger partial charge is 0.119 e. The first-order chi connectivity index (χ1) is 8.63. The van der Waals surface area contributed by atoms with E-state index in [1.807, 2.05) is 24.3 Å². The van der Waals surface area contributed by atoms with E-state index in [-0.39, 0.29) is 6.10 Å². The van der Waals surface area contributed by atoms with Crippen LogP contribution in [0.25, 0.3) is 0 Å². The lowest BCUT2D eigenvalue weighted by molar-refractivity contribution is 0.0269. The van der Waals surface area contributed by atoms with Crippen LogP contribution in [0.4, 0.5) is 0 Å². The highest BCUT2D eigenvalue weighted by Crippen LogP contribution is 2.27. The summed E-state index contributed by atoms with van der Waals surface area (Å²) in [5.74, 6) is 1.57. The van der Waals surface area contributed by atoms with Crippen LogP contribution in [0, 0.1) is 5.92 Å². The summed E-state index contributed by atoms with van der Waals surface area (Å²) in [5.41, 5.74) is 0. The average Bonchev–Trinajstić information content (AvgIpc) is 2.30. The van der Waals surface area contributed by atoms with Crippen LogP contribution in [0.5, 0.6) is 5.75 Å². The molecule has 0 amide bonds. The number of hydrogen-bond acceptors (Lipinski definition) is 3. The number of halogens is 1. The van der Waals surface area contributed by atoms with Crippen molar-refractivity contribution in [2.75, 3.05) is 26.7 Å². The van der Waals surface area contributed by atoms with E-state index in [1.165, 1.54) is 0 Å². The summed E-state index contributed by atoms with van der Waals surface area (Å²) < 4.78 is 6.74. The van der Waals surface area contributed by atoms with Gasteiger partial charge in [-0.25, -0.2) is 0 Å². The number of hydrogen-bond donors (Lipinski definition) is 1. The van der Waals surface area contributed by atoms with Gasteiger partial charge in [0.1, 0.15) is 12.4 Å². The fraction of sp³-hybridized carbons (Fsp3) is 0.571. The maximum Gasteiger partial charge on any atom is 0.119 e. The van der Waals surface area contributed by atoms with Crippen molar-refractivity contribution in [1.29, 1.82) is 0 Å². The predicted molar refractivity (Wildman–Crippen MR) is 75.9 cm³/mol. The highest BCUT2D eigenvalue weighted by molar-refractivity contribution is 9.10. The number of aliphatic hydroxyl groups excluding tert-OH is 1. The van der Waals surface area contributed by atoms with Gasteiger partial charge in [-0.05, 0) is 50.1 Å². The minimum atomic E-state index is -0.0533. The first-order valence-corrected chi connectivity index (χ1v) is 7.18. The number of likely N-dealkylation sites (N-methyl/N-ethyl adjacent to an activating group) is 1. The third-order valence-corrected chi connectivity index (χ3v) is 3.86. The van der Waals surface area contributed by atoms with Crippen molar-refractivity contribution in [1.82, 2.24) is 4.90 Å². The summed E-state index contributed by atoms with van der Waals surface area (Å²) in [7, 11) is 2.11. The van der Waals surface area contributed by atoms with E-state index in [2.05, 4.69) is 27.9 Å². The fourth-order valence-electron chi connectivity index (χ4n) is 2.23.